The minimum atomic E-state index is 0.232. The van der Waals surface area contributed by atoms with Crippen molar-refractivity contribution in [1.82, 2.24) is 9.97 Å². The van der Waals surface area contributed by atoms with Gasteiger partial charge in [0.15, 0.2) is 0 Å². The molecule has 0 aliphatic rings. The molecule has 0 aliphatic heterocycles. The minimum Gasteiger partial charge on any atom is -0.493 e. The third kappa shape index (κ3) is 1.97. The fourth-order valence-electron chi connectivity index (χ4n) is 1.05. The van der Waals surface area contributed by atoms with Crippen molar-refractivity contribution in [3.8, 4) is 5.88 Å². The summed E-state index contributed by atoms with van der Waals surface area (Å²) in [5.41, 5.74) is 0.796. The second-order valence-electron chi connectivity index (χ2n) is 2.72. The van der Waals surface area contributed by atoms with Crippen LogP contribution < -0.4 is 0 Å². The SMILES string of the molecule is CCCCc1nc(C)[nH]c1O. The largest absolute Gasteiger partial charge is 0.493 e. The van der Waals surface area contributed by atoms with E-state index in [1.54, 1.807) is 0 Å². The molecule has 0 unspecified atom stereocenters. The highest BCUT2D eigenvalue weighted by Crippen LogP contribution is 2.14. The zero-order valence-electron chi connectivity index (χ0n) is 7.02. The number of nitrogens with one attached hydrogen (secondary N) is 1. The molecular formula is C8H14N2O. The van der Waals surface area contributed by atoms with Crippen molar-refractivity contribution < 1.29 is 5.11 Å². The fraction of sp³-hybridized carbons (Fsp3) is 0.625. The van der Waals surface area contributed by atoms with Crippen LogP contribution in [0.1, 0.15) is 31.3 Å². The van der Waals surface area contributed by atoms with Crippen molar-refractivity contribution in [1.29, 1.82) is 0 Å². The van der Waals surface area contributed by atoms with E-state index in [0.29, 0.717) is 0 Å². The molecule has 1 aromatic heterocycles. The summed E-state index contributed by atoms with van der Waals surface area (Å²) in [6, 6.07) is 0. The summed E-state index contributed by atoms with van der Waals surface area (Å²) in [4.78, 5) is 6.90. The first-order valence-electron chi connectivity index (χ1n) is 3.98. The van der Waals surface area contributed by atoms with E-state index in [2.05, 4.69) is 16.9 Å². The molecule has 2 N–H and O–H groups in total. The lowest BCUT2D eigenvalue weighted by Gasteiger charge is -1.92. The quantitative estimate of drug-likeness (QED) is 0.697. The zero-order chi connectivity index (χ0) is 8.27. The second-order valence-corrected chi connectivity index (χ2v) is 2.72. The second kappa shape index (κ2) is 3.42. The summed E-state index contributed by atoms with van der Waals surface area (Å²) in [7, 11) is 0. The van der Waals surface area contributed by atoms with Crippen molar-refractivity contribution in [2.24, 2.45) is 0 Å². The molecule has 0 saturated heterocycles. The van der Waals surface area contributed by atoms with Crippen LogP contribution in [-0.2, 0) is 6.42 Å². The van der Waals surface area contributed by atoms with Crippen LogP contribution in [0.2, 0.25) is 0 Å². The van der Waals surface area contributed by atoms with E-state index < -0.39 is 0 Å². The van der Waals surface area contributed by atoms with E-state index in [1.807, 2.05) is 6.92 Å². The van der Waals surface area contributed by atoms with Gasteiger partial charge in [-0.3, -0.25) is 0 Å². The average Bonchev–Trinajstić information content (AvgIpc) is 2.26. The molecule has 0 atom stereocenters. The van der Waals surface area contributed by atoms with E-state index in [-0.39, 0.29) is 5.88 Å². The third-order valence-electron chi connectivity index (χ3n) is 1.64. The molecule has 0 bridgehead atoms. The Balaban J connectivity index is 2.62. The van der Waals surface area contributed by atoms with Crippen LogP contribution >= 0.6 is 0 Å². The maximum Gasteiger partial charge on any atom is 0.212 e. The Morgan fingerprint density at radius 3 is 2.73 bits per heavy atom. The monoisotopic (exact) mass is 154 g/mol. The van der Waals surface area contributed by atoms with Crippen molar-refractivity contribution in [3.63, 3.8) is 0 Å². The van der Waals surface area contributed by atoms with Gasteiger partial charge in [0.2, 0.25) is 5.88 Å². The van der Waals surface area contributed by atoms with Gasteiger partial charge in [-0.25, -0.2) is 4.98 Å². The first-order chi connectivity index (χ1) is 5.24. The van der Waals surface area contributed by atoms with Crippen LogP contribution in [0.5, 0.6) is 5.88 Å². The number of aromatic amines is 1. The number of imidazole rings is 1. The van der Waals surface area contributed by atoms with E-state index >= 15 is 0 Å². The van der Waals surface area contributed by atoms with Gasteiger partial charge in [0, 0.05) is 0 Å². The summed E-state index contributed by atoms with van der Waals surface area (Å²) < 4.78 is 0. The maximum absolute atomic E-state index is 9.24. The van der Waals surface area contributed by atoms with E-state index in [0.717, 1.165) is 30.8 Å². The standard InChI is InChI=1S/C8H14N2O/c1-3-4-5-7-8(11)10-6(2)9-7/h11H,3-5H2,1-2H3,(H,9,10). The summed E-state index contributed by atoms with van der Waals surface area (Å²) in [5, 5.41) is 9.24. The van der Waals surface area contributed by atoms with Crippen LogP contribution in [0.3, 0.4) is 0 Å². The van der Waals surface area contributed by atoms with E-state index in [4.69, 9.17) is 0 Å². The normalized spacial score (nSPS) is 10.4. The van der Waals surface area contributed by atoms with Gasteiger partial charge >= 0.3 is 0 Å². The Kier molecular flexibility index (Phi) is 2.52. The molecule has 0 spiro atoms. The molecule has 1 aromatic rings. The molecule has 0 aliphatic carbocycles. The van der Waals surface area contributed by atoms with Gasteiger partial charge in [-0.05, 0) is 19.8 Å². The van der Waals surface area contributed by atoms with Crippen molar-refractivity contribution >= 4 is 0 Å². The van der Waals surface area contributed by atoms with Crippen molar-refractivity contribution in [3.05, 3.63) is 11.5 Å². The van der Waals surface area contributed by atoms with E-state index in [9.17, 15) is 5.11 Å². The Morgan fingerprint density at radius 1 is 1.55 bits per heavy atom. The topological polar surface area (TPSA) is 48.9 Å². The number of nitrogens with zero attached hydrogens (tertiary/aromatic N) is 1. The third-order valence-corrected chi connectivity index (χ3v) is 1.64. The number of H-pyrrole nitrogens is 1. The molecule has 0 radical (unpaired) electrons. The van der Waals surface area contributed by atoms with Crippen LogP contribution in [0.4, 0.5) is 0 Å². The van der Waals surface area contributed by atoms with E-state index in [1.165, 1.54) is 0 Å². The van der Waals surface area contributed by atoms with Gasteiger partial charge in [0.1, 0.15) is 11.5 Å². The molecule has 1 rings (SSSR count). The maximum atomic E-state index is 9.24. The first kappa shape index (κ1) is 8.11. The number of aromatic hydroxyl groups is 1. The number of unbranched alkanes of at least 4 members (excludes halogenated alkanes) is 1. The highest BCUT2D eigenvalue weighted by molar-refractivity contribution is 5.18. The Labute approximate surface area is 66.5 Å². The van der Waals surface area contributed by atoms with Gasteiger partial charge in [0.25, 0.3) is 0 Å². The van der Waals surface area contributed by atoms with Gasteiger partial charge in [-0.2, -0.15) is 0 Å². The molecule has 3 nitrogen and oxygen atoms in total. The summed E-state index contributed by atoms with van der Waals surface area (Å²) >= 11 is 0. The molecule has 0 saturated carbocycles. The number of aromatic nitrogens is 2. The van der Waals surface area contributed by atoms with Crippen LogP contribution in [0.15, 0.2) is 0 Å². The summed E-state index contributed by atoms with van der Waals surface area (Å²) in [5.74, 6) is 1.02. The number of hydrogen-bond acceptors (Lipinski definition) is 2. The van der Waals surface area contributed by atoms with Crippen LogP contribution in [-0.4, -0.2) is 15.1 Å². The Morgan fingerprint density at radius 2 is 2.27 bits per heavy atom. The lowest BCUT2D eigenvalue weighted by molar-refractivity contribution is 0.447. The number of hydrogen-bond donors (Lipinski definition) is 2. The summed E-state index contributed by atoms with van der Waals surface area (Å²) in [6.45, 7) is 3.96. The van der Waals surface area contributed by atoms with Crippen LogP contribution in [0.25, 0.3) is 0 Å². The molecule has 1 heterocycles. The zero-order valence-corrected chi connectivity index (χ0v) is 7.02. The smallest absolute Gasteiger partial charge is 0.212 e. The summed E-state index contributed by atoms with van der Waals surface area (Å²) in [6.07, 6.45) is 3.08. The average molecular weight is 154 g/mol. The lowest BCUT2D eigenvalue weighted by atomic mass is 10.2. The highest BCUT2D eigenvalue weighted by Gasteiger charge is 2.04. The highest BCUT2D eigenvalue weighted by atomic mass is 16.3. The predicted molar refractivity (Wildman–Crippen MR) is 43.6 cm³/mol. The first-order valence-corrected chi connectivity index (χ1v) is 3.98. The minimum absolute atomic E-state index is 0.232. The Bertz CT molecular complexity index is 230. The Hall–Kier alpha value is -0.990. The molecule has 62 valence electrons. The van der Waals surface area contributed by atoms with Gasteiger partial charge in [0.05, 0.1) is 0 Å². The predicted octanol–water partition coefficient (Wildman–Crippen LogP) is 1.77. The molecule has 3 heteroatoms. The molecule has 11 heavy (non-hydrogen) atoms. The lowest BCUT2D eigenvalue weighted by Crippen LogP contribution is -1.84. The molecule has 0 aromatic carbocycles. The molecule has 0 amide bonds. The van der Waals surface area contributed by atoms with Crippen LogP contribution in [0, 0.1) is 6.92 Å². The number of rotatable bonds is 3. The molecule has 0 fully saturated rings. The van der Waals surface area contributed by atoms with Crippen molar-refractivity contribution in [2.45, 2.75) is 33.1 Å². The van der Waals surface area contributed by atoms with Gasteiger partial charge < -0.3 is 10.1 Å². The number of aryl methyl sites for hydroxylation is 2. The van der Waals surface area contributed by atoms with Gasteiger partial charge in [-0.1, -0.05) is 13.3 Å². The van der Waals surface area contributed by atoms with Gasteiger partial charge in [-0.15, -0.1) is 0 Å². The molecular weight excluding hydrogens is 140 g/mol. The fourth-order valence-corrected chi connectivity index (χ4v) is 1.05. The van der Waals surface area contributed by atoms with Crippen molar-refractivity contribution in [2.75, 3.05) is 0 Å².